The normalized spacial score (nSPS) is 16.6. The van der Waals surface area contributed by atoms with E-state index < -0.39 is 11.9 Å². The van der Waals surface area contributed by atoms with Crippen LogP contribution >= 0.6 is 0 Å². The fourth-order valence-corrected chi connectivity index (χ4v) is 3.10. The van der Waals surface area contributed by atoms with Crippen molar-refractivity contribution in [2.75, 3.05) is 20.1 Å². The smallest absolute Gasteiger partial charge is 0.387 e. The molecule has 2 N–H and O–H groups in total. The Balaban J connectivity index is 1.73. The summed E-state index contributed by atoms with van der Waals surface area (Å²) in [6, 6.07) is 3.19. The van der Waals surface area contributed by atoms with Crippen molar-refractivity contribution in [3.63, 3.8) is 0 Å². The van der Waals surface area contributed by atoms with Gasteiger partial charge in [-0.2, -0.15) is 18.3 Å². The zero-order valence-electron chi connectivity index (χ0n) is 15.3. The van der Waals surface area contributed by atoms with E-state index in [-0.39, 0.29) is 11.3 Å². The van der Waals surface area contributed by atoms with E-state index in [1.54, 1.807) is 13.1 Å². The molecule has 1 fully saturated rings. The van der Waals surface area contributed by atoms with E-state index in [1.165, 1.54) is 17.5 Å². The number of guanidine groups is 1. The first kappa shape index (κ1) is 19.1. The van der Waals surface area contributed by atoms with Crippen molar-refractivity contribution in [1.29, 1.82) is 0 Å². The fourth-order valence-electron chi connectivity index (χ4n) is 3.10. The van der Waals surface area contributed by atoms with E-state index in [2.05, 4.69) is 25.0 Å². The number of likely N-dealkylation sites (tertiary alicyclic amines) is 1. The third kappa shape index (κ3) is 4.20. The van der Waals surface area contributed by atoms with Crippen molar-refractivity contribution in [3.05, 3.63) is 29.2 Å². The number of hydrogen-bond acceptors (Lipinski definition) is 3. The van der Waals surface area contributed by atoms with Gasteiger partial charge in [-0.3, -0.25) is 4.99 Å². The highest BCUT2D eigenvalue weighted by atomic mass is 19.4. The molecule has 27 heavy (non-hydrogen) atoms. The molecule has 0 atom stereocenters. The van der Waals surface area contributed by atoms with Crippen molar-refractivity contribution in [2.24, 2.45) is 15.7 Å². The van der Waals surface area contributed by atoms with Gasteiger partial charge in [0.2, 0.25) is 5.96 Å². The van der Waals surface area contributed by atoms with Crippen molar-refractivity contribution in [3.8, 4) is 0 Å². The molecule has 0 bridgehead atoms. The molecule has 3 heterocycles. The quantitative estimate of drug-likeness (QED) is 0.654. The van der Waals surface area contributed by atoms with Crippen LogP contribution in [0.5, 0.6) is 0 Å². The van der Waals surface area contributed by atoms with Gasteiger partial charge in [0.25, 0.3) is 0 Å². The maximum absolute atomic E-state index is 13.0. The van der Waals surface area contributed by atoms with Crippen LogP contribution in [-0.2, 0) is 12.6 Å². The Labute approximate surface area is 154 Å². The van der Waals surface area contributed by atoms with Crippen molar-refractivity contribution in [2.45, 2.75) is 38.8 Å². The molecule has 3 rings (SSSR count). The molecule has 2 aromatic heterocycles. The maximum atomic E-state index is 13.0. The van der Waals surface area contributed by atoms with Crippen LogP contribution < -0.4 is 5.73 Å². The molecular formula is C17H22F3N7. The van der Waals surface area contributed by atoms with Crippen LogP contribution in [0, 0.1) is 6.92 Å². The Kier molecular flexibility index (Phi) is 5.33. The number of hydrogen-bond donors (Lipinski definition) is 1. The molecule has 0 radical (unpaired) electrons. The zero-order chi connectivity index (χ0) is 19.6. The molecule has 0 aromatic carbocycles. The summed E-state index contributed by atoms with van der Waals surface area (Å²) in [7, 11) is 1.68. The lowest BCUT2D eigenvalue weighted by Crippen LogP contribution is -2.29. The number of halogens is 3. The summed E-state index contributed by atoms with van der Waals surface area (Å²) in [6.07, 6.45) is -1.38. The molecule has 1 aliphatic heterocycles. The van der Waals surface area contributed by atoms with Gasteiger partial charge in [0.1, 0.15) is 5.84 Å². The first-order valence-corrected chi connectivity index (χ1v) is 8.77. The van der Waals surface area contributed by atoms with Gasteiger partial charge in [0.15, 0.2) is 11.3 Å². The summed E-state index contributed by atoms with van der Waals surface area (Å²) in [4.78, 5) is 14.3. The maximum Gasteiger partial charge on any atom is 0.435 e. The molecule has 10 heteroatoms. The van der Waals surface area contributed by atoms with Gasteiger partial charge in [-0.1, -0.05) is 0 Å². The number of nitrogens with zero attached hydrogens (tertiary/aromatic N) is 6. The standard InChI is InChI=1S/C17H22F3N7/c1-11-15(17(18,19)20)24-14-8-6-12(25-27(11)14)5-7-13(21)23-16(22-2)26-9-3-4-10-26/h6,8H,3-5,7,9-10H2,1-2H3,(H2,21,22,23). The highest BCUT2D eigenvalue weighted by Crippen LogP contribution is 2.31. The Morgan fingerprint density at radius 1 is 1.26 bits per heavy atom. The van der Waals surface area contributed by atoms with Crippen LogP contribution in [0.25, 0.3) is 5.65 Å². The Morgan fingerprint density at radius 2 is 1.96 bits per heavy atom. The van der Waals surface area contributed by atoms with Gasteiger partial charge in [0, 0.05) is 26.6 Å². The molecule has 0 spiro atoms. The lowest BCUT2D eigenvalue weighted by molar-refractivity contribution is -0.141. The van der Waals surface area contributed by atoms with Gasteiger partial charge in [-0.15, -0.1) is 0 Å². The van der Waals surface area contributed by atoms with Crippen LogP contribution in [0.3, 0.4) is 0 Å². The fraction of sp³-hybridized carbons (Fsp3) is 0.529. The summed E-state index contributed by atoms with van der Waals surface area (Å²) in [5.41, 5.74) is 5.85. The second kappa shape index (κ2) is 7.53. The second-order valence-electron chi connectivity index (χ2n) is 6.46. The van der Waals surface area contributed by atoms with E-state index in [9.17, 15) is 13.2 Å². The number of imidazole rings is 1. The summed E-state index contributed by atoms with van der Waals surface area (Å²) >= 11 is 0. The number of amidine groups is 1. The SMILES string of the molecule is CN=C(/N=C(\N)CCc1ccc2nc(C(F)(F)F)c(C)n2n1)N1CCCC1. The van der Waals surface area contributed by atoms with Crippen LogP contribution in [0.1, 0.15) is 36.3 Å². The number of fused-ring (bicyclic) bond motifs is 1. The van der Waals surface area contributed by atoms with Gasteiger partial charge < -0.3 is 10.6 Å². The molecule has 146 valence electrons. The monoisotopic (exact) mass is 381 g/mol. The first-order valence-electron chi connectivity index (χ1n) is 8.77. The molecular weight excluding hydrogens is 359 g/mol. The van der Waals surface area contributed by atoms with Crippen LogP contribution in [-0.4, -0.2) is 51.4 Å². The number of rotatable bonds is 3. The van der Waals surface area contributed by atoms with Crippen molar-refractivity contribution in [1.82, 2.24) is 19.5 Å². The Bertz CT molecular complexity index is 877. The molecule has 1 aliphatic rings. The number of aliphatic imine (C=N–C) groups is 2. The highest BCUT2D eigenvalue weighted by Gasteiger charge is 2.36. The van der Waals surface area contributed by atoms with Crippen LogP contribution in [0.4, 0.5) is 13.2 Å². The Hall–Kier alpha value is -2.65. The lowest BCUT2D eigenvalue weighted by atomic mass is 10.2. The van der Waals surface area contributed by atoms with Crippen LogP contribution in [0.2, 0.25) is 0 Å². The van der Waals surface area contributed by atoms with E-state index in [1.807, 2.05) is 0 Å². The van der Waals surface area contributed by atoms with Gasteiger partial charge in [-0.05, 0) is 38.3 Å². The summed E-state index contributed by atoms with van der Waals surface area (Å²) in [5, 5.41) is 4.26. The van der Waals surface area contributed by atoms with E-state index in [0.29, 0.717) is 30.3 Å². The lowest BCUT2D eigenvalue weighted by Gasteiger charge is -2.16. The predicted molar refractivity (Wildman–Crippen MR) is 96.8 cm³/mol. The third-order valence-corrected chi connectivity index (χ3v) is 4.50. The van der Waals surface area contributed by atoms with Gasteiger partial charge >= 0.3 is 6.18 Å². The van der Waals surface area contributed by atoms with Gasteiger partial charge in [0.05, 0.1) is 11.4 Å². The number of alkyl halides is 3. The topological polar surface area (TPSA) is 84.2 Å². The number of aromatic nitrogens is 3. The van der Waals surface area contributed by atoms with Crippen molar-refractivity contribution < 1.29 is 13.2 Å². The second-order valence-corrected chi connectivity index (χ2v) is 6.46. The van der Waals surface area contributed by atoms with E-state index in [0.717, 1.165) is 25.9 Å². The average Bonchev–Trinajstić information content (AvgIpc) is 3.26. The predicted octanol–water partition coefficient (Wildman–Crippen LogP) is 2.43. The molecule has 0 aliphatic carbocycles. The minimum atomic E-state index is -4.50. The van der Waals surface area contributed by atoms with Crippen molar-refractivity contribution >= 4 is 17.4 Å². The average molecular weight is 381 g/mol. The Morgan fingerprint density at radius 3 is 2.59 bits per heavy atom. The first-order chi connectivity index (χ1) is 12.8. The summed E-state index contributed by atoms with van der Waals surface area (Å²) < 4.78 is 40.1. The van der Waals surface area contributed by atoms with Crippen LogP contribution in [0.15, 0.2) is 22.1 Å². The van der Waals surface area contributed by atoms with E-state index in [4.69, 9.17) is 5.73 Å². The number of nitrogens with two attached hydrogens (primary N) is 1. The largest absolute Gasteiger partial charge is 0.435 e. The molecule has 0 unspecified atom stereocenters. The summed E-state index contributed by atoms with van der Waals surface area (Å²) in [5.74, 6) is 1.04. The molecule has 7 nitrogen and oxygen atoms in total. The minimum Gasteiger partial charge on any atom is -0.387 e. The zero-order valence-corrected chi connectivity index (χ0v) is 15.3. The molecule has 1 saturated heterocycles. The molecule has 2 aromatic rings. The molecule has 0 amide bonds. The summed E-state index contributed by atoms with van der Waals surface area (Å²) in [6.45, 7) is 3.20. The third-order valence-electron chi connectivity index (χ3n) is 4.50. The van der Waals surface area contributed by atoms with E-state index >= 15 is 0 Å². The molecule has 0 saturated carbocycles. The minimum absolute atomic E-state index is 0.0320. The highest BCUT2D eigenvalue weighted by molar-refractivity contribution is 5.95. The number of aryl methyl sites for hydroxylation is 2. The van der Waals surface area contributed by atoms with Gasteiger partial charge in [-0.25, -0.2) is 14.5 Å².